The van der Waals surface area contributed by atoms with Crippen LogP contribution in [0.3, 0.4) is 0 Å². The van der Waals surface area contributed by atoms with Crippen LogP contribution in [0.2, 0.25) is 0 Å². The van der Waals surface area contributed by atoms with E-state index >= 15 is 0 Å². The molecule has 0 saturated carbocycles. The summed E-state index contributed by atoms with van der Waals surface area (Å²) < 4.78 is 33.3. The molecule has 0 aliphatic carbocycles. The lowest BCUT2D eigenvalue weighted by Gasteiger charge is -2.16. The summed E-state index contributed by atoms with van der Waals surface area (Å²) in [6.07, 6.45) is 3.15. The van der Waals surface area contributed by atoms with E-state index in [1.165, 1.54) is 25.3 Å². The number of amides is 1. The molecule has 0 aromatic carbocycles. The topological polar surface area (TPSA) is 102 Å². The van der Waals surface area contributed by atoms with Gasteiger partial charge in [-0.25, -0.2) is 15.0 Å². The third-order valence-corrected chi connectivity index (χ3v) is 4.03. The number of halogens is 2. The average molecular weight is 428 g/mol. The van der Waals surface area contributed by atoms with Crippen molar-refractivity contribution in [3.05, 3.63) is 59.4 Å². The number of alkyl halides is 2. The lowest BCUT2D eigenvalue weighted by molar-refractivity contribution is -0.114. The zero-order chi connectivity index (χ0) is 22.6. The molecule has 3 aromatic heterocycles. The molecular formula is C21H22F2N6O2. The van der Waals surface area contributed by atoms with E-state index < -0.39 is 11.7 Å². The number of carbonyl (C=O) groups excluding carboxylic acids is 1. The van der Waals surface area contributed by atoms with Crippen LogP contribution in [0.5, 0.6) is 5.75 Å². The minimum absolute atomic E-state index is 0.155. The highest BCUT2D eigenvalue weighted by Crippen LogP contribution is 2.31. The SMILES string of the molecule is CC(=O)Nc1cc(Nc2cc(C)nc(C(C)(F)F)n2)c(OCc2ccc(C)cn2)cn1. The molecule has 0 unspecified atom stereocenters. The second-order valence-corrected chi connectivity index (χ2v) is 7.09. The van der Waals surface area contributed by atoms with Crippen molar-refractivity contribution < 1.29 is 18.3 Å². The van der Waals surface area contributed by atoms with Crippen molar-refractivity contribution in [2.45, 2.75) is 40.2 Å². The Hall–Kier alpha value is -3.69. The second kappa shape index (κ2) is 8.99. The van der Waals surface area contributed by atoms with Crippen molar-refractivity contribution in [3.63, 3.8) is 0 Å². The number of hydrogen-bond donors (Lipinski definition) is 2. The summed E-state index contributed by atoms with van der Waals surface area (Å²) in [5.74, 6) is -3.35. The number of anilines is 3. The summed E-state index contributed by atoms with van der Waals surface area (Å²) >= 11 is 0. The van der Waals surface area contributed by atoms with Crippen molar-refractivity contribution in [2.24, 2.45) is 0 Å². The second-order valence-electron chi connectivity index (χ2n) is 7.09. The summed E-state index contributed by atoms with van der Waals surface area (Å²) in [7, 11) is 0. The molecule has 0 atom stereocenters. The van der Waals surface area contributed by atoms with Crippen LogP contribution in [0.4, 0.5) is 26.1 Å². The Morgan fingerprint density at radius 3 is 2.52 bits per heavy atom. The monoisotopic (exact) mass is 428 g/mol. The molecule has 162 valence electrons. The minimum atomic E-state index is -3.20. The summed E-state index contributed by atoms with van der Waals surface area (Å²) in [4.78, 5) is 27.5. The van der Waals surface area contributed by atoms with E-state index in [1.54, 1.807) is 13.1 Å². The quantitative estimate of drug-likeness (QED) is 0.579. The first-order valence-electron chi connectivity index (χ1n) is 9.43. The number of aromatic nitrogens is 4. The van der Waals surface area contributed by atoms with E-state index in [0.29, 0.717) is 22.8 Å². The van der Waals surface area contributed by atoms with E-state index in [2.05, 4.69) is 30.6 Å². The van der Waals surface area contributed by atoms with Gasteiger partial charge in [-0.2, -0.15) is 8.78 Å². The fraction of sp³-hybridized carbons (Fsp3) is 0.286. The summed E-state index contributed by atoms with van der Waals surface area (Å²) in [5, 5.41) is 5.54. The molecule has 3 heterocycles. The van der Waals surface area contributed by atoms with Gasteiger partial charge in [0.2, 0.25) is 11.7 Å². The van der Waals surface area contributed by atoms with Crippen LogP contribution < -0.4 is 15.4 Å². The van der Waals surface area contributed by atoms with Gasteiger partial charge in [-0.15, -0.1) is 0 Å². The molecule has 0 fully saturated rings. The normalized spacial score (nSPS) is 11.2. The van der Waals surface area contributed by atoms with Gasteiger partial charge in [0.15, 0.2) is 5.75 Å². The first-order chi connectivity index (χ1) is 14.6. The van der Waals surface area contributed by atoms with Crippen molar-refractivity contribution >= 4 is 23.2 Å². The number of aryl methyl sites for hydroxylation is 2. The Morgan fingerprint density at radius 1 is 1.10 bits per heavy atom. The van der Waals surface area contributed by atoms with Crippen molar-refractivity contribution in [1.29, 1.82) is 0 Å². The standard InChI is InChI=1S/C21H22F2N6O2/c1-12-5-6-15(24-9-12)11-31-17-10-25-18(27-14(3)30)8-16(17)28-19-7-13(2)26-20(29-19)21(4,22)23/h5-10H,11H2,1-4H3,(H2,25,26,27,28,29,30). The maximum Gasteiger partial charge on any atom is 0.303 e. The van der Waals surface area contributed by atoms with Crippen LogP contribution in [0.1, 0.15) is 36.6 Å². The van der Waals surface area contributed by atoms with Crippen LogP contribution in [0.15, 0.2) is 36.7 Å². The lowest BCUT2D eigenvalue weighted by atomic mass is 10.3. The maximum atomic E-state index is 13.7. The van der Waals surface area contributed by atoms with Gasteiger partial charge in [-0.3, -0.25) is 9.78 Å². The molecule has 0 spiro atoms. The first kappa shape index (κ1) is 22.0. The van der Waals surface area contributed by atoms with E-state index in [0.717, 1.165) is 12.5 Å². The summed E-state index contributed by atoms with van der Waals surface area (Å²) in [5.41, 5.74) is 2.48. The Labute approximate surface area is 178 Å². The molecule has 0 aliphatic heterocycles. The third-order valence-electron chi connectivity index (χ3n) is 4.03. The smallest absolute Gasteiger partial charge is 0.303 e. The van der Waals surface area contributed by atoms with Crippen LogP contribution in [0, 0.1) is 13.8 Å². The van der Waals surface area contributed by atoms with Gasteiger partial charge in [0.25, 0.3) is 0 Å². The van der Waals surface area contributed by atoms with Crippen LogP contribution in [-0.4, -0.2) is 25.8 Å². The fourth-order valence-electron chi connectivity index (χ4n) is 2.61. The number of nitrogens with one attached hydrogen (secondary N) is 2. The summed E-state index contributed by atoms with van der Waals surface area (Å²) in [6.45, 7) is 5.78. The molecule has 0 bridgehead atoms. The first-order valence-corrected chi connectivity index (χ1v) is 9.43. The Bertz CT molecular complexity index is 1080. The van der Waals surface area contributed by atoms with E-state index in [-0.39, 0.29) is 24.1 Å². The van der Waals surface area contributed by atoms with Crippen LogP contribution >= 0.6 is 0 Å². The maximum absolute atomic E-state index is 13.7. The van der Waals surface area contributed by atoms with Gasteiger partial charge >= 0.3 is 5.92 Å². The molecule has 2 N–H and O–H groups in total. The molecule has 0 radical (unpaired) electrons. The number of ether oxygens (including phenoxy) is 1. The van der Waals surface area contributed by atoms with Gasteiger partial charge in [0.05, 0.1) is 17.6 Å². The Kier molecular flexibility index (Phi) is 6.38. The predicted octanol–water partition coefficient (Wildman–Crippen LogP) is 4.28. The van der Waals surface area contributed by atoms with Gasteiger partial charge in [-0.05, 0) is 25.5 Å². The zero-order valence-corrected chi connectivity index (χ0v) is 17.5. The highest BCUT2D eigenvalue weighted by Gasteiger charge is 2.29. The van der Waals surface area contributed by atoms with Crippen LogP contribution in [0.25, 0.3) is 0 Å². The molecule has 31 heavy (non-hydrogen) atoms. The van der Waals surface area contributed by atoms with Crippen LogP contribution in [-0.2, 0) is 17.3 Å². The van der Waals surface area contributed by atoms with Gasteiger partial charge in [0.1, 0.15) is 18.2 Å². The van der Waals surface area contributed by atoms with Gasteiger partial charge in [0, 0.05) is 37.9 Å². The lowest BCUT2D eigenvalue weighted by Crippen LogP contribution is -2.14. The number of carbonyl (C=O) groups is 1. The molecule has 3 rings (SSSR count). The van der Waals surface area contributed by atoms with E-state index in [1.807, 2.05) is 19.1 Å². The number of rotatable bonds is 7. The summed E-state index contributed by atoms with van der Waals surface area (Å²) in [6, 6.07) is 6.81. The third kappa shape index (κ3) is 6.14. The van der Waals surface area contributed by atoms with E-state index in [9.17, 15) is 13.6 Å². The minimum Gasteiger partial charge on any atom is -0.483 e. The molecular weight excluding hydrogens is 406 g/mol. The van der Waals surface area contributed by atoms with Gasteiger partial charge in [-0.1, -0.05) is 6.07 Å². The number of pyridine rings is 2. The van der Waals surface area contributed by atoms with Crippen molar-refractivity contribution in [3.8, 4) is 5.75 Å². The highest BCUT2D eigenvalue weighted by atomic mass is 19.3. The Balaban J connectivity index is 1.91. The van der Waals surface area contributed by atoms with Crippen molar-refractivity contribution in [1.82, 2.24) is 19.9 Å². The van der Waals surface area contributed by atoms with E-state index in [4.69, 9.17) is 4.74 Å². The Morgan fingerprint density at radius 2 is 1.87 bits per heavy atom. The predicted molar refractivity (Wildman–Crippen MR) is 111 cm³/mol. The molecule has 3 aromatic rings. The van der Waals surface area contributed by atoms with Crippen molar-refractivity contribution in [2.75, 3.05) is 10.6 Å². The van der Waals surface area contributed by atoms with Gasteiger partial charge < -0.3 is 15.4 Å². The molecule has 1 amide bonds. The average Bonchev–Trinajstić information content (AvgIpc) is 2.67. The highest BCUT2D eigenvalue weighted by molar-refractivity contribution is 5.88. The largest absolute Gasteiger partial charge is 0.483 e. The number of hydrogen-bond acceptors (Lipinski definition) is 7. The zero-order valence-electron chi connectivity index (χ0n) is 17.5. The molecule has 0 saturated heterocycles. The molecule has 8 nitrogen and oxygen atoms in total. The molecule has 0 aliphatic rings. The molecule has 10 heteroatoms. The fourth-order valence-corrected chi connectivity index (χ4v) is 2.61. The number of nitrogens with zero attached hydrogens (tertiary/aromatic N) is 4.